The summed E-state index contributed by atoms with van der Waals surface area (Å²) in [6.45, 7) is 3.02. The third-order valence-electron chi connectivity index (χ3n) is 1.95. The van der Waals surface area contributed by atoms with Crippen LogP contribution in [0.15, 0.2) is 29.2 Å². The molecule has 2 N–H and O–H groups in total. The number of hydrogen-bond acceptors (Lipinski definition) is 4. The molecule has 0 spiro atoms. The van der Waals surface area contributed by atoms with Gasteiger partial charge in [0.2, 0.25) is 0 Å². The molecule has 0 aromatic heterocycles. The Hall–Kier alpha value is -1.40. The van der Waals surface area contributed by atoms with E-state index in [1.165, 1.54) is 19.1 Å². The van der Waals surface area contributed by atoms with E-state index in [1.807, 2.05) is 6.92 Å². The summed E-state index contributed by atoms with van der Waals surface area (Å²) in [4.78, 5) is 11.1. The molecule has 0 fully saturated rings. The van der Waals surface area contributed by atoms with E-state index in [1.54, 1.807) is 16.9 Å². The first-order chi connectivity index (χ1) is 7.33. The summed E-state index contributed by atoms with van der Waals surface area (Å²) in [5.41, 5.74) is 0.917. The summed E-state index contributed by atoms with van der Waals surface area (Å²) < 4.78 is 25.0. The lowest BCUT2D eigenvalue weighted by atomic mass is 10.2. The predicted molar refractivity (Wildman–Crippen MR) is 58.2 cm³/mol. The van der Waals surface area contributed by atoms with Crippen molar-refractivity contribution in [2.24, 2.45) is 0 Å². The van der Waals surface area contributed by atoms with Gasteiger partial charge in [0.25, 0.3) is 15.9 Å². The Bertz CT molecular complexity index is 476. The molecule has 88 valence electrons. The Morgan fingerprint density at radius 1 is 1.31 bits per heavy atom. The molecule has 0 saturated heterocycles. The number of amides is 1. The second kappa shape index (κ2) is 4.63. The lowest BCUT2D eigenvalue weighted by Gasteiger charge is -2.08. The van der Waals surface area contributed by atoms with Gasteiger partial charge in [0.1, 0.15) is 6.10 Å². The number of carbonyl (C=O) groups excluding carboxylic acids is 1. The van der Waals surface area contributed by atoms with Crippen molar-refractivity contribution < 1.29 is 18.3 Å². The highest BCUT2D eigenvalue weighted by molar-refractivity contribution is 7.90. The largest absolute Gasteiger partial charge is 0.384 e. The summed E-state index contributed by atoms with van der Waals surface area (Å²) in [6.07, 6.45) is -1.36. The number of nitrogens with one attached hydrogen (secondary N) is 1. The van der Waals surface area contributed by atoms with E-state index in [2.05, 4.69) is 0 Å². The molecular weight excluding hydrogens is 230 g/mol. The van der Waals surface area contributed by atoms with E-state index in [-0.39, 0.29) is 4.90 Å². The molecule has 16 heavy (non-hydrogen) atoms. The summed E-state index contributed by atoms with van der Waals surface area (Å²) in [5.74, 6) is -0.944. The van der Waals surface area contributed by atoms with Gasteiger partial charge in [0.15, 0.2) is 0 Å². The number of aliphatic hydroxyl groups excluding tert-OH is 1. The van der Waals surface area contributed by atoms with Crippen LogP contribution < -0.4 is 4.72 Å². The third-order valence-corrected chi connectivity index (χ3v) is 3.31. The minimum absolute atomic E-state index is 0.00731. The Kier molecular flexibility index (Phi) is 3.66. The quantitative estimate of drug-likeness (QED) is 0.793. The van der Waals surface area contributed by atoms with Crippen molar-refractivity contribution >= 4 is 15.9 Å². The van der Waals surface area contributed by atoms with Crippen LogP contribution in [0.4, 0.5) is 0 Å². The van der Waals surface area contributed by atoms with Gasteiger partial charge >= 0.3 is 0 Å². The zero-order chi connectivity index (χ0) is 12.3. The van der Waals surface area contributed by atoms with Gasteiger partial charge < -0.3 is 5.11 Å². The normalized spacial score (nSPS) is 13.2. The first-order valence-electron chi connectivity index (χ1n) is 4.64. The van der Waals surface area contributed by atoms with Crippen LogP contribution in [0.25, 0.3) is 0 Å². The highest BCUT2D eigenvalue weighted by Crippen LogP contribution is 2.09. The molecule has 1 amide bonds. The molecule has 1 aromatic carbocycles. The van der Waals surface area contributed by atoms with Crippen molar-refractivity contribution in [3.8, 4) is 0 Å². The highest BCUT2D eigenvalue weighted by atomic mass is 32.2. The van der Waals surface area contributed by atoms with Crippen molar-refractivity contribution in [3.63, 3.8) is 0 Å². The standard InChI is InChI=1S/C10H13NO4S/c1-7-3-5-9(6-4-7)16(14,15)11-10(13)8(2)12/h3-6,8,12H,1-2H3,(H,11,13). The predicted octanol–water partition coefficient (Wildman–Crippen LogP) is 0.181. The minimum Gasteiger partial charge on any atom is -0.384 e. The van der Waals surface area contributed by atoms with Gasteiger partial charge in [-0.15, -0.1) is 0 Å². The number of hydrogen-bond donors (Lipinski definition) is 2. The molecule has 0 aliphatic carbocycles. The van der Waals surface area contributed by atoms with E-state index < -0.39 is 22.0 Å². The molecule has 1 atom stereocenters. The summed E-state index contributed by atoms with van der Waals surface area (Å²) >= 11 is 0. The zero-order valence-electron chi connectivity index (χ0n) is 8.97. The van der Waals surface area contributed by atoms with Crippen LogP contribution in [0.2, 0.25) is 0 Å². The number of benzene rings is 1. The molecular formula is C10H13NO4S. The van der Waals surface area contributed by atoms with Crippen LogP contribution in [0.1, 0.15) is 12.5 Å². The maximum absolute atomic E-state index is 11.6. The smallest absolute Gasteiger partial charge is 0.264 e. The van der Waals surface area contributed by atoms with Crippen LogP contribution >= 0.6 is 0 Å². The fourth-order valence-electron chi connectivity index (χ4n) is 0.994. The van der Waals surface area contributed by atoms with Gasteiger partial charge in [-0.1, -0.05) is 17.7 Å². The Morgan fingerprint density at radius 2 is 1.81 bits per heavy atom. The molecule has 1 rings (SSSR count). The highest BCUT2D eigenvalue weighted by Gasteiger charge is 2.19. The fraction of sp³-hybridized carbons (Fsp3) is 0.300. The molecule has 1 unspecified atom stereocenters. The molecule has 0 aliphatic rings. The Labute approximate surface area is 94.2 Å². The van der Waals surface area contributed by atoms with E-state index in [0.29, 0.717) is 0 Å². The van der Waals surface area contributed by atoms with Crippen LogP contribution in [-0.2, 0) is 14.8 Å². The Morgan fingerprint density at radius 3 is 2.25 bits per heavy atom. The molecule has 0 saturated carbocycles. The van der Waals surface area contributed by atoms with Crippen molar-refractivity contribution in [1.82, 2.24) is 4.72 Å². The number of aryl methyl sites for hydroxylation is 1. The molecule has 0 aliphatic heterocycles. The fourth-order valence-corrected chi connectivity index (χ4v) is 2.04. The third kappa shape index (κ3) is 3.04. The first kappa shape index (κ1) is 12.7. The van der Waals surface area contributed by atoms with Gasteiger partial charge in [-0.05, 0) is 26.0 Å². The summed E-state index contributed by atoms with van der Waals surface area (Å²) in [6, 6.07) is 6.04. The monoisotopic (exact) mass is 243 g/mol. The average Bonchev–Trinajstić information content (AvgIpc) is 2.17. The van der Waals surface area contributed by atoms with Gasteiger partial charge in [0.05, 0.1) is 4.90 Å². The van der Waals surface area contributed by atoms with E-state index in [9.17, 15) is 13.2 Å². The first-order valence-corrected chi connectivity index (χ1v) is 6.12. The van der Waals surface area contributed by atoms with Gasteiger partial charge in [-0.3, -0.25) is 4.79 Å². The van der Waals surface area contributed by atoms with Gasteiger partial charge in [0, 0.05) is 0 Å². The summed E-state index contributed by atoms with van der Waals surface area (Å²) in [7, 11) is -3.88. The van der Waals surface area contributed by atoms with E-state index in [4.69, 9.17) is 5.11 Å². The topological polar surface area (TPSA) is 83.5 Å². The lowest BCUT2D eigenvalue weighted by molar-refractivity contribution is -0.126. The maximum atomic E-state index is 11.6. The SMILES string of the molecule is Cc1ccc(S(=O)(=O)NC(=O)C(C)O)cc1. The van der Waals surface area contributed by atoms with Crippen molar-refractivity contribution in [1.29, 1.82) is 0 Å². The second-order valence-electron chi connectivity index (χ2n) is 3.46. The Balaban J connectivity index is 2.95. The molecule has 5 nitrogen and oxygen atoms in total. The van der Waals surface area contributed by atoms with Crippen molar-refractivity contribution in [3.05, 3.63) is 29.8 Å². The van der Waals surface area contributed by atoms with E-state index in [0.717, 1.165) is 5.56 Å². The molecule has 0 heterocycles. The van der Waals surface area contributed by atoms with Gasteiger partial charge in [-0.25, -0.2) is 13.1 Å². The maximum Gasteiger partial charge on any atom is 0.264 e. The van der Waals surface area contributed by atoms with Crippen LogP contribution in [-0.4, -0.2) is 25.5 Å². The van der Waals surface area contributed by atoms with Gasteiger partial charge in [-0.2, -0.15) is 0 Å². The van der Waals surface area contributed by atoms with Crippen molar-refractivity contribution in [2.75, 3.05) is 0 Å². The minimum atomic E-state index is -3.88. The second-order valence-corrected chi connectivity index (χ2v) is 5.14. The number of rotatable bonds is 3. The molecule has 0 radical (unpaired) electrons. The van der Waals surface area contributed by atoms with Crippen LogP contribution in [0.3, 0.4) is 0 Å². The molecule has 1 aromatic rings. The number of carbonyl (C=O) groups is 1. The number of aliphatic hydroxyl groups is 1. The zero-order valence-corrected chi connectivity index (χ0v) is 9.78. The number of sulfonamides is 1. The average molecular weight is 243 g/mol. The molecule has 6 heteroatoms. The summed E-state index contributed by atoms with van der Waals surface area (Å²) in [5, 5.41) is 8.90. The lowest BCUT2D eigenvalue weighted by Crippen LogP contribution is -2.37. The van der Waals surface area contributed by atoms with E-state index >= 15 is 0 Å². The van der Waals surface area contributed by atoms with Crippen LogP contribution in [0, 0.1) is 6.92 Å². The molecule has 0 bridgehead atoms. The van der Waals surface area contributed by atoms with Crippen LogP contribution in [0.5, 0.6) is 0 Å². The van der Waals surface area contributed by atoms with Crippen molar-refractivity contribution in [2.45, 2.75) is 24.8 Å².